The van der Waals surface area contributed by atoms with Crippen LogP contribution in [-0.4, -0.2) is 68.8 Å². The van der Waals surface area contributed by atoms with Gasteiger partial charge >= 0.3 is 0 Å². The van der Waals surface area contributed by atoms with E-state index in [1.807, 2.05) is 25.2 Å². The lowest BCUT2D eigenvalue weighted by Gasteiger charge is -2.36. The molecule has 27 heavy (non-hydrogen) atoms. The van der Waals surface area contributed by atoms with Crippen molar-refractivity contribution in [2.45, 2.75) is 37.8 Å². The molecule has 1 aliphatic carbocycles. The zero-order chi connectivity index (χ0) is 18.8. The largest absolute Gasteiger partial charge is 0.490 e. The number of carbonyl (C=O) groups excluding carboxylic acids is 2. The number of carbonyl (C=O) groups is 2. The highest BCUT2D eigenvalue weighted by molar-refractivity contribution is 5.96. The van der Waals surface area contributed by atoms with Gasteiger partial charge in [0.15, 0.2) is 0 Å². The second-order valence-electron chi connectivity index (χ2n) is 7.58. The van der Waals surface area contributed by atoms with Gasteiger partial charge in [0.2, 0.25) is 5.91 Å². The Morgan fingerprint density at radius 2 is 2.07 bits per heavy atom. The topological polar surface area (TPSA) is 71.1 Å². The third-order valence-electron chi connectivity index (χ3n) is 5.68. The third kappa shape index (κ3) is 3.88. The van der Waals surface area contributed by atoms with Crippen LogP contribution < -0.4 is 15.0 Å². The molecule has 1 aromatic carbocycles. The number of likely N-dealkylation sites (N-methyl/N-ethyl adjacent to an activating group) is 1. The SMILES string of the molecule is CN1CCOc2cc(C(=O)N3CCOC[C@@H]3CC(=O)NC3CCC3)ccc21. The van der Waals surface area contributed by atoms with Gasteiger partial charge < -0.3 is 24.6 Å². The number of nitrogens with one attached hydrogen (secondary N) is 1. The summed E-state index contributed by atoms with van der Waals surface area (Å²) in [6.45, 7) is 2.84. The maximum atomic E-state index is 13.1. The molecule has 4 rings (SSSR count). The molecule has 2 amide bonds. The second-order valence-corrected chi connectivity index (χ2v) is 7.58. The van der Waals surface area contributed by atoms with Crippen LogP contribution in [-0.2, 0) is 9.53 Å². The minimum absolute atomic E-state index is 0.00315. The highest BCUT2D eigenvalue weighted by Gasteiger charge is 2.31. The molecule has 0 aromatic heterocycles. The fraction of sp³-hybridized carbons (Fsp3) is 0.600. The first-order valence-electron chi connectivity index (χ1n) is 9.78. The molecule has 0 radical (unpaired) electrons. The summed E-state index contributed by atoms with van der Waals surface area (Å²) in [5, 5.41) is 3.05. The van der Waals surface area contributed by atoms with E-state index in [-0.39, 0.29) is 24.3 Å². The molecule has 2 fully saturated rings. The Balaban J connectivity index is 1.46. The zero-order valence-corrected chi connectivity index (χ0v) is 15.8. The lowest BCUT2D eigenvalue weighted by atomic mass is 9.93. The Labute approximate surface area is 159 Å². The number of anilines is 1. The Morgan fingerprint density at radius 1 is 1.22 bits per heavy atom. The first kappa shape index (κ1) is 18.1. The highest BCUT2D eigenvalue weighted by atomic mass is 16.5. The van der Waals surface area contributed by atoms with Gasteiger partial charge in [0.1, 0.15) is 12.4 Å². The van der Waals surface area contributed by atoms with Gasteiger partial charge in [0.25, 0.3) is 5.91 Å². The van der Waals surface area contributed by atoms with Crippen LogP contribution >= 0.6 is 0 Å². The average Bonchev–Trinajstić information content (AvgIpc) is 2.64. The molecule has 1 saturated carbocycles. The third-order valence-corrected chi connectivity index (χ3v) is 5.68. The molecular formula is C20H27N3O4. The van der Waals surface area contributed by atoms with Crippen molar-refractivity contribution in [3.8, 4) is 5.75 Å². The predicted molar refractivity (Wildman–Crippen MR) is 101 cm³/mol. The van der Waals surface area contributed by atoms with Crippen LogP contribution in [0, 0.1) is 0 Å². The van der Waals surface area contributed by atoms with Crippen LogP contribution in [0.15, 0.2) is 18.2 Å². The molecule has 146 valence electrons. The van der Waals surface area contributed by atoms with Crippen LogP contribution in [0.5, 0.6) is 5.75 Å². The van der Waals surface area contributed by atoms with Gasteiger partial charge in [-0.2, -0.15) is 0 Å². The first-order valence-corrected chi connectivity index (χ1v) is 9.78. The van der Waals surface area contributed by atoms with Crippen molar-refractivity contribution in [1.29, 1.82) is 0 Å². The normalized spacial score (nSPS) is 22.5. The van der Waals surface area contributed by atoms with Crippen molar-refractivity contribution in [2.75, 3.05) is 44.9 Å². The maximum absolute atomic E-state index is 13.1. The number of ether oxygens (including phenoxy) is 2. The summed E-state index contributed by atoms with van der Waals surface area (Å²) in [6.07, 6.45) is 3.57. The van der Waals surface area contributed by atoms with Gasteiger partial charge in [-0.15, -0.1) is 0 Å². The molecule has 2 aliphatic heterocycles. The maximum Gasteiger partial charge on any atom is 0.254 e. The number of nitrogens with zero attached hydrogens (tertiary/aromatic N) is 2. The molecule has 7 heteroatoms. The van der Waals surface area contributed by atoms with Crippen molar-refractivity contribution in [2.24, 2.45) is 0 Å². The number of amides is 2. The Bertz CT molecular complexity index is 719. The van der Waals surface area contributed by atoms with E-state index in [9.17, 15) is 9.59 Å². The summed E-state index contributed by atoms with van der Waals surface area (Å²) in [7, 11) is 2.02. The molecule has 1 saturated heterocycles. The van der Waals surface area contributed by atoms with Crippen molar-refractivity contribution >= 4 is 17.5 Å². The van der Waals surface area contributed by atoms with Crippen molar-refractivity contribution in [3.05, 3.63) is 23.8 Å². The number of fused-ring (bicyclic) bond motifs is 1. The molecule has 2 heterocycles. The molecule has 0 spiro atoms. The van der Waals surface area contributed by atoms with Gasteiger partial charge in [0.05, 0.1) is 31.5 Å². The van der Waals surface area contributed by atoms with Crippen LogP contribution in [0.1, 0.15) is 36.0 Å². The Kier molecular flexibility index (Phi) is 5.20. The van der Waals surface area contributed by atoms with Gasteiger partial charge in [-0.3, -0.25) is 9.59 Å². The van der Waals surface area contributed by atoms with E-state index >= 15 is 0 Å². The predicted octanol–water partition coefficient (Wildman–Crippen LogP) is 1.42. The molecule has 0 bridgehead atoms. The molecule has 1 atom stereocenters. The number of benzene rings is 1. The smallest absolute Gasteiger partial charge is 0.254 e. The van der Waals surface area contributed by atoms with Gasteiger partial charge in [-0.05, 0) is 37.5 Å². The summed E-state index contributed by atoms with van der Waals surface area (Å²) in [6, 6.07) is 5.66. The zero-order valence-electron chi connectivity index (χ0n) is 15.8. The lowest BCUT2D eigenvalue weighted by molar-refractivity contribution is -0.124. The van der Waals surface area contributed by atoms with E-state index in [0.717, 1.165) is 30.8 Å². The molecule has 3 aliphatic rings. The number of rotatable bonds is 4. The van der Waals surface area contributed by atoms with Gasteiger partial charge in [0, 0.05) is 31.6 Å². The minimum Gasteiger partial charge on any atom is -0.490 e. The van der Waals surface area contributed by atoms with Crippen LogP contribution in [0.3, 0.4) is 0 Å². The molecule has 1 N–H and O–H groups in total. The summed E-state index contributed by atoms with van der Waals surface area (Å²) < 4.78 is 11.3. The Hall–Kier alpha value is -2.28. The van der Waals surface area contributed by atoms with Crippen LogP contribution in [0.25, 0.3) is 0 Å². The van der Waals surface area contributed by atoms with Crippen molar-refractivity contribution < 1.29 is 19.1 Å². The standard InChI is InChI=1S/C20H27N3O4/c1-22-7-10-27-18-11-14(5-6-17(18)22)20(25)23-8-9-26-13-16(23)12-19(24)21-15-3-2-4-15/h5-6,11,15-16H,2-4,7-10,12-13H2,1H3,(H,21,24)/t16-/m0/s1. The number of hydrogen-bond acceptors (Lipinski definition) is 5. The van der Waals surface area contributed by atoms with E-state index in [1.165, 1.54) is 6.42 Å². The van der Waals surface area contributed by atoms with Crippen molar-refractivity contribution in [3.63, 3.8) is 0 Å². The van der Waals surface area contributed by atoms with E-state index in [1.54, 1.807) is 4.90 Å². The van der Waals surface area contributed by atoms with E-state index in [0.29, 0.717) is 38.0 Å². The highest BCUT2D eigenvalue weighted by Crippen LogP contribution is 2.32. The second kappa shape index (κ2) is 7.76. The number of hydrogen-bond donors (Lipinski definition) is 1. The lowest BCUT2D eigenvalue weighted by Crippen LogP contribution is -2.51. The Morgan fingerprint density at radius 3 is 2.85 bits per heavy atom. The minimum atomic E-state index is -0.231. The number of morpholine rings is 1. The summed E-state index contributed by atoms with van der Waals surface area (Å²) >= 11 is 0. The summed E-state index contributed by atoms with van der Waals surface area (Å²) in [5.74, 6) is 0.671. The average molecular weight is 373 g/mol. The summed E-state index contributed by atoms with van der Waals surface area (Å²) in [4.78, 5) is 29.3. The van der Waals surface area contributed by atoms with Crippen LogP contribution in [0.2, 0.25) is 0 Å². The molecule has 0 unspecified atom stereocenters. The van der Waals surface area contributed by atoms with Crippen molar-refractivity contribution in [1.82, 2.24) is 10.2 Å². The molecule has 7 nitrogen and oxygen atoms in total. The summed E-state index contributed by atoms with van der Waals surface area (Å²) in [5.41, 5.74) is 1.59. The van der Waals surface area contributed by atoms with Gasteiger partial charge in [-0.25, -0.2) is 0 Å². The fourth-order valence-corrected chi connectivity index (χ4v) is 3.80. The monoisotopic (exact) mass is 373 g/mol. The van der Waals surface area contributed by atoms with Crippen LogP contribution in [0.4, 0.5) is 5.69 Å². The van der Waals surface area contributed by atoms with Gasteiger partial charge in [-0.1, -0.05) is 0 Å². The van der Waals surface area contributed by atoms with E-state index in [4.69, 9.17) is 9.47 Å². The van der Waals surface area contributed by atoms with E-state index < -0.39 is 0 Å². The quantitative estimate of drug-likeness (QED) is 0.864. The van der Waals surface area contributed by atoms with E-state index in [2.05, 4.69) is 10.2 Å². The molecule has 1 aromatic rings. The fourth-order valence-electron chi connectivity index (χ4n) is 3.80. The first-order chi connectivity index (χ1) is 13.1. The molecular weight excluding hydrogens is 346 g/mol.